The maximum atomic E-state index is 12.2. The molecule has 0 saturated carbocycles. The van der Waals surface area contributed by atoms with E-state index in [1.54, 1.807) is 20.8 Å². The van der Waals surface area contributed by atoms with Crippen molar-refractivity contribution in [2.75, 3.05) is 19.6 Å². The second-order valence-corrected chi connectivity index (χ2v) is 5.00. The van der Waals surface area contributed by atoms with E-state index in [9.17, 15) is 14.4 Å². The maximum Gasteiger partial charge on any atom is 0.323 e. The molecule has 0 fully saturated rings. The first-order valence-corrected chi connectivity index (χ1v) is 5.70. The summed E-state index contributed by atoms with van der Waals surface area (Å²) in [5.74, 6) is -2.52. The first-order valence-electron chi connectivity index (χ1n) is 5.70. The van der Waals surface area contributed by atoms with E-state index in [-0.39, 0.29) is 6.54 Å². The summed E-state index contributed by atoms with van der Waals surface area (Å²) in [7, 11) is 0. The normalized spacial score (nSPS) is 10.7. The minimum atomic E-state index is -1.26. The van der Waals surface area contributed by atoms with Gasteiger partial charge in [0, 0.05) is 12.1 Å². The summed E-state index contributed by atoms with van der Waals surface area (Å²) in [6, 6.07) is -0.641. The molecule has 0 bridgehead atoms. The van der Waals surface area contributed by atoms with Crippen LogP contribution >= 0.6 is 0 Å². The molecule has 0 aliphatic rings. The van der Waals surface area contributed by atoms with E-state index in [2.05, 4.69) is 6.58 Å². The molecule has 19 heavy (non-hydrogen) atoms. The Balaban J connectivity index is 5.16. The quantitative estimate of drug-likeness (QED) is 0.699. The number of hydrogen-bond acceptors (Lipinski definition) is 3. The van der Waals surface area contributed by atoms with Crippen LogP contribution in [-0.2, 0) is 9.59 Å². The van der Waals surface area contributed by atoms with Gasteiger partial charge in [-0.25, -0.2) is 4.79 Å². The van der Waals surface area contributed by atoms with Crippen LogP contribution in [0.4, 0.5) is 4.79 Å². The first kappa shape index (κ1) is 16.9. The predicted molar refractivity (Wildman–Crippen MR) is 68.9 cm³/mol. The zero-order valence-corrected chi connectivity index (χ0v) is 11.4. The summed E-state index contributed by atoms with van der Waals surface area (Å²) < 4.78 is 0. The lowest BCUT2D eigenvalue weighted by Gasteiger charge is -2.37. The van der Waals surface area contributed by atoms with Gasteiger partial charge in [0.1, 0.15) is 13.1 Å². The maximum absolute atomic E-state index is 12.2. The van der Waals surface area contributed by atoms with E-state index >= 15 is 0 Å². The largest absolute Gasteiger partial charge is 0.480 e. The summed E-state index contributed by atoms with van der Waals surface area (Å²) in [5, 5.41) is 17.5. The Kier molecular flexibility index (Phi) is 6.04. The number of aliphatic carboxylic acids is 2. The summed E-state index contributed by atoms with van der Waals surface area (Å²) in [4.78, 5) is 35.8. The second-order valence-electron chi connectivity index (χ2n) is 5.00. The molecular formula is C12H20N2O5. The van der Waals surface area contributed by atoms with E-state index in [1.807, 2.05) is 0 Å². The van der Waals surface area contributed by atoms with Crippen molar-refractivity contribution < 1.29 is 24.6 Å². The third-order valence-corrected chi connectivity index (χ3v) is 2.28. The molecule has 0 heterocycles. The minimum Gasteiger partial charge on any atom is -0.480 e. The molecule has 0 unspecified atom stereocenters. The van der Waals surface area contributed by atoms with Gasteiger partial charge in [0.25, 0.3) is 0 Å². The van der Waals surface area contributed by atoms with Gasteiger partial charge in [0.15, 0.2) is 0 Å². The number of carboxylic acids is 2. The van der Waals surface area contributed by atoms with E-state index < -0.39 is 36.6 Å². The monoisotopic (exact) mass is 272 g/mol. The lowest BCUT2D eigenvalue weighted by molar-refractivity contribution is -0.140. The molecule has 0 rings (SSSR count). The molecule has 0 aliphatic carbocycles. The van der Waals surface area contributed by atoms with Crippen LogP contribution in [-0.4, -0.2) is 63.2 Å². The molecule has 0 aromatic rings. The highest BCUT2D eigenvalue weighted by atomic mass is 16.4. The number of amides is 2. The van der Waals surface area contributed by atoms with E-state index in [1.165, 1.54) is 11.0 Å². The van der Waals surface area contributed by atoms with E-state index in [0.717, 1.165) is 4.90 Å². The number of nitrogens with zero attached hydrogens (tertiary/aromatic N) is 2. The van der Waals surface area contributed by atoms with Gasteiger partial charge < -0.3 is 20.0 Å². The van der Waals surface area contributed by atoms with Gasteiger partial charge in [-0.2, -0.15) is 0 Å². The molecule has 0 spiro atoms. The molecule has 108 valence electrons. The topological polar surface area (TPSA) is 98.2 Å². The number of rotatable bonds is 6. The fraction of sp³-hybridized carbons (Fsp3) is 0.583. The van der Waals surface area contributed by atoms with E-state index in [4.69, 9.17) is 10.2 Å². The van der Waals surface area contributed by atoms with Crippen LogP contribution in [0.5, 0.6) is 0 Å². The van der Waals surface area contributed by atoms with Gasteiger partial charge in [-0.1, -0.05) is 6.08 Å². The standard InChI is InChI=1S/C12H20N2O5/c1-5-6-14(12(2,3)4)11(19)13(7-9(15)16)8-10(17)18/h5H,1,6-8H2,2-4H3,(H,15,16)(H,17,18). The summed E-state index contributed by atoms with van der Waals surface area (Å²) in [6.45, 7) is 7.74. The van der Waals surface area contributed by atoms with Crippen LogP contribution in [0.15, 0.2) is 12.7 Å². The Labute approximate surface area is 112 Å². The van der Waals surface area contributed by atoms with Gasteiger partial charge in [-0.3, -0.25) is 9.59 Å². The predicted octanol–water partition coefficient (Wildman–Crippen LogP) is 0.864. The van der Waals surface area contributed by atoms with Crippen molar-refractivity contribution in [3.63, 3.8) is 0 Å². The molecule has 0 radical (unpaired) electrons. The molecule has 7 heteroatoms. The van der Waals surface area contributed by atoms with Gasteiger partial charge in [-0.05, 0) is 20.8 Å². The van der Waals surface area contributed by atoms with Crippen molar-refractivity contribution in [2.45, 2.75) is 26.3 Å². The summed E-state index contributed by atoms with van der Waals surface area (Å²) in [6.07, 6.45) is 1.50. The van der Waals surface area contributed by atoms with E-state index in [0.29, 0.717) is 0 Å². The molecule has 0 aromatic heterocycles. The van der Waals surface area contributed by atoms with Crippen LogP contribution in [0.25, 0.3) is 0 Å². The number of urea groups is 1. The summed E-state index contributed by atoms with van der Waals surface area (Å²) >= 11 is 0. The molecule has 0 saturated heterocycles. The van der Waals surface area contributed by atoms with Gasteiger partial charge in [0.05, 0.1) is 0 Å². The van der Waals surface area contributed by atoms with Crippen molar-refractivity contribution in [2.24, 2.45) is 0 Å². The van der Waals surface area contributed by atoms with Crippen LogP contribution in [0, 0.1) is 0 Å². The van der Waals surface area contributed by atoms with Crippen molar-refractivity contribution in [1.82, 2.24) is 9.80 Å². The lowest BCUT2D eigenvalue weighted by atomic mass is 10.1. The van der Waals surface area contributed by atoms with Crippen LogP contribution in [0.1, 0.15) is 20.8 Å². The van der Waals surface area contributed by atoms with Crippen molar-refractivity contribution in [3.05, 3.63) is 12.7 Å². The molecular weight excluding hydrogens is 252 g/mol. The molecule has 0 atom stereocenters. The average Bonchev–Trinajstić information content (AvgIpc) is 2.21. The number of hydrogen-bond donors (Lipinski definition) is 2. The van der Waals surface area contributed by atoms with Gasteiger partial charge >= 0.3 is 18.0 Å². The SMILES string of the molecule is C=CCN(C(=O)N(CC(=O)O)CC(=O)O)C(C)(C)C. The van der Waals surface area contributed by atoms with Crippen molar-refractivity contribution in [1.29, 1.82) is 0 Å². The lowest BCUT2D eigenvalue weighted by Crippen LogP contribution is -2.54. The number of carboxylic acid groups (broad SMARTS) is 2. The fourth-order valence-electron chi connectivity index (χ4n) is 1.46. The molecule has 0 aromatic carbocycles. The number of carbonyl (C=O) groups is 3. The zero-order valence-electron chi connectivity index (χ0n) is 11.4. The Hall–Kier alpha value is -2.05. The Morgan fingerprint density at radius 2 is 1.53 bits per heavy atom. The van der Waals surface area contributed by atoms with Crippen LogP contribution in [0.2, 0.25) is 0 Å². The van der Waals surface area contributed by atoms with Crippen molar-refractivity contribution >= 4 is 18.0 Å². The van der Waals surface area contributed by atoms with Crippen LogP contribution < -0.4 is 0 Å². The first-order chi connectivity index (χ1) is 8.59. The molecule has 2 amide bonds. The van der Waals surface area contributed by atoms with Gasteiger partial charge in [-0.15, -0.1) is 6.58 Å². The number of carbonyl (C=O) groups excluding carboxylic acids is 1. The third kappa shape index (κ3) is 5.89. The smallest absolute Gasteiger partial charge is 0.323 e. The highest BCUT2D eigenvalue weighted by Crippen LogP contribution is 2.15. The minimum absolute atomic E-state index is 0.206. The second kappa shape index (κ2) is 6.77. The highest BCUT2D eigenvalue weighted by Gasteiger charge is 2.31. The highest BCUT2D eigenvalue weighted by molar-refractivity contribution is 5.84. The fourth-order valence-corrected chi connectivity index (χ4v) is 1.46. The van der Waals surface area contributed by atoms with Gasteiger partial charge in [0.2, 0.25) is 0 Å². The Morgan fingerprint density at radius 1 is 1.11 bits per heavy atom. The molecule has 7 nitrogen and oxygen atoms in total. The Bertz CT molecular complexity index is 357. The Morgan fingerprint density at radius 3 is 1.79 bits per heavy atom. The zero-order chi connectivity index (χ0) is 15.2. The molecule has 2 N–H and O–H groups in total. The van der Waals surface area contributed by atoms with Crippen LogP contribution in [0.3, 0.4) is 0 Å². The molecule has 0 aliphatic heterocycles. The third-order valence-electron chi connectivity index (χ3n) is 2.28. The summed E-state index contributed by atoms with van der Waals surface area (Å²) in [5.41, 5.74) is -0.569. The average molecular weight is 272 g/mol. The van der Waals surface area contributed by atoms with Crippen molar-refractivity contribution in [3.8, 4) is 0 Å².